The molecule has 0 aromatic carbocycles. The molecular formula is C15H26Cl2O. The Morgan fingerprint density at radius 2 is 1.72 bits per heavy atom. The SMILES string of the molecule is CC1(C)CCC(CC(CCl)(CCl)C2CCCC2)O1. The van der Waals surface area contributed by atoms with Crippen molar-refractivity contribution in [2.75, 3.05) is 11.8 Å². The Balaban J connectivity index is 2.01. The van der Waals surface area contributed by atoms with Crippen LogP contribution in [0.5, 0.6) is 0 Å². The van der Waals surface area contributed by atoms with Crippen molar-refractivity contribution in [1.29, 1.82) is 0 Å². The van der Waals surface area contributed by atoms with E-state index in [1.807, 2.05) is 0 Å². The zero-order valence-electron chi connectivity index (χ0n) is 11.7. The second kappa shape index (κ2) is 5.89. The third-order valence-electron chi connectivity index (χ3n) is 4.94. The molecular weight excluding hydrogens is 267 g/mol. The molecule has 0 bridgehead atoms. The Hall–Kier alpha value is 0.540. The lowest BCUT2D eigenvalue weighted by molar-refractivity contribution is -0.0375. The molecule has 18 heavy (non-hydrogen) atoms. The maximum Gasteiger partial charge on any atom is 0.0631 e. The van der Waals surface area contributed by atoms with E-state index in [9.17, 15) is 0 Å². The summed E-state index contributed by atoms with van der Waals surface area (Å²) < 4.78 is 6.15. The van der Waals surface area contributed by atoms with Gasteiger partial charge in [-0.1, -0.05) is 12.8 Å². The molecule has 3 heteroatoms. The van der Waals surface area contributed by atoms with Crippen LogP contribution in [0.3, 0.4) is 0 Å². The lowest BCUT2D eigenvalue weighted by Gasteiger charge is -2.38. The highest BCUT2D eigenvalue weighted by molar-refractivity contribution is 6.21. The van der Waals surface area contributed by atoms with E-state index in [1.165, 1.54) is 25.7 Å². The summed E-state index contributed by atoms with van der Waals surface area (Å²) >= 11 is 12.6. The van der Waals surface area contributed by atoms with Crippen molar-refractivity contribution in [2.24, 2.45) is 11.3 Å². The van der Waals surface area contributed by atoms with Crippen molar-refractivity contribution in [3.8, 4) is 0 Å². The van der Waals surface area contributed by atoms with Gasteiger partial charge in [0.05, 0.1) is 11.7 Å². The van der Waals surface area contributed by atoms with E-state index in [-0.39, 0.29) is 11.0 Å². The average Bonchev–Trinajstić information content (AvgIpc) is 2.96. The van der Waals surface area contributed by atoms with E-state index in [4.69, 9.17) is 27.9 Å². The summed E-state index contributed by atoms with van der Waals surface area (Å²) in [7, 11) is 0. The molecule has 1 aliphatic heterocycles. The molecule has 2 fully saturated rings. The van der Waals surface area contributed by atoms with Crippen LogP contribution in [-0.2, 0) is 4.74 Å². The summed E-state index contributed by atoms with van der Waals surface area (Å²) in [5.74, 6) is 2.07. The van der Waals surface area contributed by atoms with Crippen molar-refractivity contribution in [2.45, 2.75) is 70.5 Å². The first-order chi connectivity index (χ1) is 8.51. The lowest BCUT2D eigenvalue weighted by Crippen LogP contribution is -2.37. The molecule has 1 atom stereocenters. The number of alkyl halides is 2. The van der Waals surface area contributed by atoms with Crippen molar-refractivity contribution in [3.05, 3.63) is 0 Å². The summed E-state index contributed by atoms with van der Waals surface area (Å²) in [6.07, 6.45) is 9.02. The number of rotatable bonds is 5. The zero-order chi connectivity index (χ0) is 13.2. The molecule has 1 saturated heterocycles. The van der Waals surface area contributed by atoms with Gasteiger partial charge < -0.3 is 4.74 Å². The van der Waals surface area contributed by atoms with Crippen LogP contribution in [0.2, 0.25) is 0 Å². The molecule has 0 amide bonds. The van der Waals surface area contributed by atoms with Gasteiger partial charge in [0.1, 0.15) is 0 Å². The van der Waals surface area contributed by atoms with Gasteiger partial charge in [0.25, 0.3) is 0 Å². The number of hydrogen-bond donors (Lipinski definition) is 0. The Kier molecular flexibility index (Phi) is 4.89. The molecule has 0 aromatic heterocycles. The highest BCUT2D eigenvalue weighted by atomic mass is 35.5. The second-order valence-electron chi connectivity index (χ2n) is 6.85. The van der Waals surface area contributed by atoms with Gasteiger partial charge in [-0.3, -0.25) is 0 Å². The molecule has 0 aromatic rings. The molecule has 1 nitrogen and oxygen atoms in total. The first kappa shape index (κ1) is 14.9. The minimum Gasteiger partial charge on any atom is -0.372 e. The van der Waals surface area contributed by atoms with Gasteiger partial charge in [-0.15, -0.1) is 23.2 Å². The van der Waals surface area contributed by atoms with Crippen molar-refractivity contribution >= 4 is 23.2 Å². The van der Waals surface area contributed by atoms with Gasteiger partial charge in [-0.2, -0.15) is 0 Å². The maximum atomic E-state index is 6.31. The number of ether oxygens (including phenoxy) is 1. The van der Waals surface area contributed by atoms with Crippen LogP contribution in [0.4, 0.5) is 0 Å². The largest absolute Gasteiger partial charge is 0.372 e. The van der Waals surface area contributed by atoms with Gasteiger partial charge in [0.15, 0.2) is 0 Å². The minimum absolute atomic E-state index is 0.0463. The molecule has 106 valence electrons. The first-order valence-corrected chi connectivity index (χ1v) is 8.38. The van der Waals surface area contributed by atoms with Crippen LogP contribution in [0.15, 0.2) is 0 Å². The van der Waals surface area contributed by atoms with Gasteiger partial charge in [0, 0.05) is 17.2 Å². The predicted molar refractivity (Wildman–Crippen MR) is 78.6 cm³/mol. The highest BCUT2D eigenvalue weighted by Gasteiger charge is 2.43. The van der Waals surface area contributed by atoms with Crippen LogP contribution in [0.1, 0.15) is 58.8 Å². The zero-order valence-corrected chi connectivity index (χ0v) is 13.2. The van der Waals surface area contributed by atoms with E-state index >= 15 is 0 Å². The van der Waals surface area contributed by atoms with Crippen LogP contribution >= 0.6 is 23.2 Å². The summed E-state index contributed by atoms with van der Waals surface area (Å²) in [5, 5.41) is 0. The topological polar surface area (TPSA) is 9.23 Å². The van der Waals surface area contributed by atoms with Crippen LogP contribution < -0.4 is 0 Å². The van der Waals surface area contributed by atoms with E-state index in [0.717, 1.165) is 19.3 Å². The normalized spacial score (nSPS) is 29.0. The fraction of sp³-hybridized carbons (Fsp3) is 1.00. The van der Waals surface area contributed by atoms with E-state index in [0.29, 0.717) is 23.8 Å². The van der Waals surface area contributed by atoms with E-state index in [1.54, 1.807) is 0 Å². The molecule has 1 saturated carbocycles. The van der Waals surface area contributed by atoms with E-state index < -0.39 is 0 Å². The Morgan fingerprint density at radius 3 is 2.17 bits per heavy atom. The molecule has 2 aliphatic rings. The number of halogens is 2. The minimum atomic E-state index is 0.0463. The maximum absolute atomic E-state index is 6.31. The first-order valence-electron chi connectivity index (χ1n) is 7.31. The van der Waals surface area contributed by atoms with Crippen molar-refractivity contribution in [1.82, 2.24) is 0 Å². The fourth-order valence-corrected chi connectivity index (χ4v) is 4.68. The van der Waals surface area contributed by atoms with Gasteiger partial charge in [0.2, 0.25) is 0 Å². The third-order valence-corrected chi connectivity index (χ3v) is 6.01. The van der Waals surface area contributed by atoms with Gasteiger partial charge in [-0.05, 0) is 51.9 Å². The smallest absolute Gasteiger partial charge is 0.0631 e. The van der Waals surface area contributed by atoms with E-state index in [2.05, 4.69) is 13.8 Å². The molecule has 2 rings (SSSR count). The van der Waals surface area contributed by atoms with Crippen molar-refractivity contribution in [3.63, 3.8) is 0 Å². The summed E-state index contributed by atoms with van der Waals surface area (Å²) in [5.41, 5.74) is 0.148. The Labute approximate surface area is 122 Å². The highest BCUT2D eigenvalue weighted by Crippen LogP contribution is 2.47. The summed E-state index contributed by atoms with van der Waals surface area (Å²) in [4.78, 5) is 0. The molecule has 0 N–H and O–H groups in total. The number of hydrogen-bond acceptors (Lipinski definition) is 1. The van der Waals surface area contributed by atoms with Crippen molar-refractivity contribution < 1.29 is 4.74 Å². The predicted octanol–water partition coefficient (Wildman–Crippen LogP) is 4.99. The summed E-state index contributed by atoms with van der Waals surface area (Å²) in [6, 6.07) is 0. The standard InChI is InChI=1S/C15H26Cl2O/c1-14(2)8-7-13(18-14)9-15(10-16,11-17)12-5-3-4-6-12/h12-13H,3-11H2,1-2H3. The summed E-state index contributed by atoms with van der Waals surface area (Å²) in [6.45, 7) is 4.37. The average molecular weight is 293 g/mol. The van der Waals surface area contributed by atoms with Gasteiger partial charge in [-0.25, -0.2) is 0 Å². The monoisotopic (exact) mass is 292 g/mol. The van der Waals surface area contributed by atoms with Crippen LogP contribution in [0.25, 0.3) is 0 Å². The Morgan fingerprint density at radius 1 is 1.11 bits per heavy atom. The molecule has 1 aliphatic carbocycles. The fourth-order valence-electron chi connectivity index (χ4n) is 3.74. The third kappa shape index (κ3) is 3.16. The Bertz CT molecular complexity index is 268. The van der Waals surface area contributed by atoms with Gasteiger partial charge >= 0.3 is 0 Å². The second-order valence-corrected chi connectivity index (χ2v) is 7.39. The van der Waals surface area contributed by atoms with Crippen LogP contribution in [0, 0.1) is 11.3 Å². The lowest BCUT2D eigenvalue weighted by atomic mass is 9.73. The molecule has 1 unspecified atom stereocenters. The molecule has 0 radical (unpaired) electrons. The quantitative estimate of drug-likeness (QED) is 0.649. The van der Waals surface area contributed by atoms with Crippen LogP contribution in [-0.4, -0.2) is 23.5 Å². The molecule has 1 heterocycles. The molecule has 0 spiro atoms.